The predicted octanol–water partition coefficient (Wildman–Crippen LogP) is 5.50. The number of carboxylic acid groups (broad SMARTS) is 1. The second-order valence-electron chi connectivity index (χ2n) is 12.9. The van der Waals surface area contributed by atoms with Gasteiger partial charge in [0.15, 0.2) is 5.78 Å². The molecule has 2 N–H and O–H groups in total. The fourth-order valence-corrected chi connectivity index (χ4v) is 7.65. The van der Waals surface area contributed by atoms with E-state index in [1.165, 1.54) is 31.4 Å². The molecular weight excluding hydrogens is 655 g/mol. The van der Waals surface area contributed by atoms with Crippen LogP contribution in [0.4, 0.5) is 10.1 Å². The summed E-state index contributed by atoms with van der Waals surface area (Å²) in [6.07, 6.45) is 1.85. The van der Waals surface area contributed by atoms with Gasteiger partial charge in [-0.05, 0) is 54.8 Å². The molecule has 4 atom stereocenters. The zero-order valence-electron chi connectivity index (χ0n) is 27.3. The first-order chi connectivity index (χ1) is 23.6. The van der Waals surface area contributed by atoms with Gasteiger partial charge in [-0.1, -0.05) is 30.7 Å². The Labute approximate surface area is 287 Å². The minimum atomic E-state index is -1.05. The number of aromatic carboxylic acids is 1. The molecule has 11 nitrogen and oxygen atoms in total. The smallest absolute Gasteiger partial charge is 0.335 e. The van der Waals surface area contributed by atoms with Crippen LogP contribution in [-0.2, 0) is 22.6 Å². The highest BCUT2D eigenvalue weighted by Gasteiger charge is 2.43. The number of benzene rings is 3. The maximum Gasteiger partial charge on any atom is 0.335 e. The van der Waals surface area contributed by atoms with Crippen LogP contribution in [0.3, 0.4) is 0 Å². The van der Waals surface area contributed by atoms with Crippen molar-refractivity contribution >= 4 is 40.1 Å². The largest absolute Gasteiger partial charge is 0.507 e. The number of Topliss-reactive ketones (excluding diaryl/α,β-unsaturated/α-hetero) is 1. The van der Waals surface area contributed by atoms with Crippen LogP contribution in [0.1, 0.15) is 57.8 Å². The van der Waals surface area contributed by atoms with Crippen molar-refractivity contribution in [2.75, 3.05) is 44.9 Å². The number of carbonyl (C=O) groups excluding carboxylic acids is 1. The second-order valence-corrected chi connectivity index (χ2v) is 13.3. The summed E-state index contributed by atoms with van der Waals surface area (Å²) in [7, 11) is 1.51. The number of ketones is 1. The lowest BCUT2D eigenvalue weighted by atomic mass is 9.89. The van der Waals surface area contributed by atoms with Crippen LogP contribution in [-0.4, -0.2) is 94.6 Å². The fourth-order valence-electron chi connectivity index (χ4n) is 7.49. The molecule has 4 heterocycles. The zero-order chi connectivity index (χ0) is 34.4. The SMILES string of the molecule is COc1cc(C(=O)O)cc2c1nc(CN1CCN(c3cccc(O)c3C(=O)C(C)c3ccc(Cl)cc3F)C3COCC31)n2CC1CCCO1. The number of aromatic hydroxyl groups is 1. The van der Waals surface area contributed by atoms with Gasteiger partial charge >= 0.3 is 5.97 Å². The molecule has 0 bridgehead atoms. The van der Waals surface area contributed by atoms with Crippen molar-refractivity contribution in [3.05, 3.63) is 81.9 Å². The molecule has 0 radical (unpaired) electrons. The van der Waals surface area contributed by atoms with Crippen LogP contribution < -0.4 is 9.64 Å². The summed E-state index contributed by atoms with van der Waals surface area (Å²) in [6.45, 7) is 5.29. The summed E-state index contributed by atoms with van der Waals surface area (Å²) < 4.78 is 34.5. The molecular formula is C36H38ClFN4O7. The molecule has 0 aliphatic carbocycles. The van der Waals surface area contributed by atoms with Crippen LogP contribution in [0.25, 0.3) is 11.0 Å². The number of halogens is 2. The Kier molecular flexibility index (Phi) is 9.23. The quantitative estimate of drug-likeness (QED) is 0.206. The number of hydrogen-bond donors (Lipinski definition) is 2. The van der Waals surface area contributed by atoms with E-state index in [-0.39, 0.29) is 45.7 Å². The molecule has 3 aliphatic rings. The van der Waals surface area contributed by atoms with Gasteiger partial charge in [-0.25, -0.2) is 14.2 Å². The Morgan fingerprint density at radius 3 is 2.69 bits per heavy atom. The summed E-state index contributed by atoms with van der Waals surface area (Å²) in [6, 6.07) is 12.2. The molecule has 1 aromatic heterocycles. The number of hydrogen-bond acceptors (Lipinski definition) is 9. The number of nitrogens with zero attached hydrogens (tertiary/aromatic N) is 4. The standard InChI is InChI=1S/C36H38ClFN4O7/c1-20(24-9-8-22(37)15-25(24)38)35(44)33-26(6-3-7-30(33)43)41-11-10-40(28-18-48-19-29(28)41)17-32-39-34-27(42(32)16-23-5-4-12-49-23)13-21(36(45)46)14-31(34)47-2/h3,6-9,13-15,20,23,28-29,43H,4-5,10-12,16-19H2,1-2H3,(H,45,46). The Balaban J connectivity index is 1.20. The molecule has 49 heavy (non-hydrogen) atoms. The number of piperazine rings is 1. The highest BCUT2D eigenvalue weighted by molar-refractivity contribution is 6.30. The third-order valence-corrected chi connectivity index (χ3v) is 10.3. The molecule has 4 unspecified atom stereocenters. The van der Waals surface area contributed by atoms with Crippen LogP contribution >= 0.6 is 11.6 Å². The lowest BCUT2D eigenvalue weighted by molar-refractivity contribution is 0.0696. The van der Waals surface area contributed by atoms with Crippen LogP contribution in [0.15, 0.2) is 48.5 Å². The average Bonchev–Trinajstić information content (AvgIpc) is 3.86. The fraction of sp³-hybridized carbons (Fsp3) is 0.417. The number of carbonyl (C=O) groups is 2. The van der Waals surface area contributed by atoms with Gasteiger partial charge in [-0.2, -0.15) is 0 Å². The minimum absolute atomic E-state index is 0.0134. The highest BCUT2D eigenvalue weighted by Crippen LogP contribution is 2.39. The van der Waals surface area contributed by atoms with Crippen molar-refractivity contribution in [3.8, 4) is 11.5 Å². The maximum atomic E-state index is 14.9. The average molecular weight is 693 g/mol. The Bertz CT molecular complexity index is 1910. The van der Waals surface area contributed by atoms with Gasteiger partial charge < -0.3 is 33.9 Å². The zero-order valence-corrected chi connectivity index (χ0v) is 28.0. The number of ether oxygens (including phenoxy) is 3. The van der Waals surface area contributed by atoms with Gasteiger partial charge in [0, 0.05) is 30.6 Å². The summed E-state index contributed by atoms with van der Waals surface area (Å²) in [4.78, 5) is 35.4. The predicted molar refractivity (Wildman–Crippen MR) is 181 cm³/mol. The number of phenols is 1. The number of methoxy groups -OCH3 is 1. The summed E-state index contributed by atoms with van der Waals surface area (Å²) in [5.74, 6) is -1.90. The molecule has 3 fully saturated rings. The third-order valence-electron chi connectivity index (χ3n) is 10.0. The minimum Gasteiger partial charge on any atom is -0.507 e. The number of aromatic nitrogens is 2. The molecule has 3 aliphatic heterocycles. The van der Waals surface area contributed by atoms with Gasteiger partial charge in [0.25, 0.3) is 0 Å². The topological polar surface area (TPSA) is 127 Å². The second kappa shape index (κ2) is 13.6. The number of rotatable bonds is 10. The van der Waals surface area contributed by atoms with E-state index in [0.29, 0.717) is 68.5 Å². The van der Waals surface area contributed by atoms with Crippen LogP contribution in [0, 0.1) is 5.82 Å². The third kappa shape index (κ3) is 6.22. The van der Waals surface area contributed by atoms with Crippen molar-refractivity contribution < 1.29 is 38.4 Å². The van der Waals surface area contributed by atoms with E-state index >= 15 is 0 Å². The molecule has 0 saturated carbocycles. The van der Waals surface area contributed by atoms with Gasteiger partial charge in [0.05, 0.1) is 73.9 Å². The number of fused-ring (bicyclic) bond motifs is 2. The lowest BCUT2D eigenvalue weighted by Crippen LogP contribution is -2.59. The van der Waals surface area contributed by atoms with Crippen molar-refractivity contribution in [1.29, 1.82) is 0 Å². The van der Waals surface area contributed by atoms with E-state index < -0.39 is 23.5 Å². The Hall–Kier alpha value is -4.23. The molecule has 0 spiro atoms. The number of anilines is 1. The van der Waals surface area contributed by atoms with Crippen LogP contribution in [0.2, 0.25) is 5.02 Å². The molecule has 3 saturated heterocycles. The monoisotopic (exact) mass is 692 g/mol. The van der Waals surface area contributed by atoms with Crippen LogP contribution in [0.5, 0.6) is 11.5 Å². The normalized spacial score (nSPS) is 21.6. The molecule has 0 amide bonds. The van der Waals surface area contributed by atoms with Gasteiger partial charge in [-0.15, -0.1) is 0 Å². The summed E-state index contributed by atoms with van der Waals surface area (Å²) in [5.41, 5.74) is 2.30. The van der Waals surface area contributed by atoms with Gasteiger partial charge in [0.2, 0.25) is 0 Å². The molecule has 3 aromatic carbocycles. The first kappa shape index (κ1) is 33.3. The van der Waals surface area contributed by atoms with Gasteiger partial charge in [-0.3, -0.25) is 9.69 Å². The number of carboxylic acids is 1. The van der Waals surface area contributed by atoms with E-state index in [0.717, 1.165) is 18.7 Å². The van der Waals surface area contributed by atoms with Crippen molar-refractivity contribution in [1.82, 2.24) is 14.5 Å². The van der Waals surface area contributed by atoms with E-state index in [2.05, 4.69) is 14.4 Å². The number of phenolic OH excluding ortho intramolecular Hbond substituents is 1. The first-order valence-electron chi connectivity index (χ1n) is 16.5. The van der Waals surface area contributed by atoms with Crippen molar-refractivity contribution in [2.24, 2.45) is 0 Å². The van der Waals surface area contributed by atoms with Gasteiger partial charge in [0.1, 0.15) is 28.7 Å². The Morgan fingerprint density at radius 1 is 1.14 bits per heavy atom. The number of imidazole rings is 1. The molecule has 7 rings (SSSR count). The first-order valence-corrected chi connectivity index (χ1v) is 16.8. The van der Waals surface area contributed by atoms with E-state index in [9.17, 15) is 24.2 Å². The molecule has 258 valence electrons. The molecule has 4 aromatic rings. The van der Waals surface area contributed by atoms with Crippen molar-refractivity contribution in [2.45, 2.75) is 57.0 Å². The summed E-state index contributed by atoms with van der Waals surface area (Å²) >= 11 is 5.96. The maximum absolute atomic E-state index is 14.9. The van der Waals surface area contributed by atoms with E-state index in [1.807, 2.05) is 6.07 Å². The lowest BCUT2D eigenvalue weighted by Gasteiger charge is -2.45. The Morgan fingerprint density at radius 2 is 1.96 bits per heavy atom. The van der Waals surface area contributed by atoms with E-state index in [4.69, 9.17) is 30.8 Å². The highest BCUT2D eigenvalue weighted by atomic mass is 35.5. The molecule has 13 heteroatoms. The summed E-state index contributed by atoms with van der Waals surface area (Å²) in [5, 5.41) is 21.1. The van der Waals surface area contributed by atoms with Crippen molar-refractivity contribution in [3.63, 3.8) is 0 Å². The van der Waals surface area contributed by atoms with E-state index in [1.54, 1.807) is 25.1 Å².